The first-order chi connectivity index (χ1) is 13.4. The molecule has 0 bridgehead atoms. The van der Waals surface area contributed by atoms with E-state index in [2.05, 4.69) is 10.3 Å². The number of hydrogen-bond acceptors (Lipinski definition) is 5. The number of nitrogens with zero attached hydrogens (tertiary/aromatic N) is 2. The number of methoxy groups -OCH3 is 1. The van der Waals surface area contributed by atoms with Gasteiger partial charge in [-0.2, -0.15) is 0 Å². The average molecular weight is 383 g/mol. The number of nitrogens with one attached hydrogen (secondary N) is 1. The summed E-state index contributed by atoms with van der Waals surface area (Å²) in [5, 5.41) is 11.8. The fourth-order valence-electron chi connectivity index (χ4n) is 3.23. The van der Waals surface area contributed by atoms with Crippen LogP contribution in [0.4, 0.5) is 5.69 Å². The Morgan fingerprint density at radius 3 is 2.68 bits per heavy atom. The van der Waals surface area contributed by atoms with Crippen LogP contribution in [0.15, 0.2) is 36.5 Å². The number of ether oxygens (including phenoxy) is 1. The lowest BCUT2D eigenvalue weighted by molar-refractivity contribution is -0.119. The van der Waals surface area contributed by atoms with Crippen LogP contribution in [-0.4, -0.2) is 52.5 Å². The lowest BCUT2D eigenvalue weighted by Crippen LogP contribution is -2.43. The minimum Gasteiger partial charge on any atom is -0.495 e. The van der Waals surface area contributed by atoms with Gasteiger partial charge in [0.2, 0.25) is 5.91 Å². The Hall–Kier alpha value is -3.42. The molecule has 1 aliphatic heterocycles. The first-order valence-corrected chi connectivity index (χ1v) is 8.86. The van der Waals surface area contributed by atoms with E-state index in [0.717, 1.165) is 5.56 Å². The molecule has 0 aliphatic carbocycles. The predicted octanol–water partition coefficient (Wildman–Crippen LogP) is 2.34. The first kappa shape index (κ1) is 19.3. The third-order valence-electron chi connectivity index (χ3n) is 4.66. The minimum atomic E-state index is -1.16. The quantitative estimate of drug-likeness (QED) is 0.820. The lowest BCUT2D eigenvalue weighted by atomic mass is 10.1. The first-order valence-electron chi connectivity index (χ1n) is 8.86. The number of anilines is 1. The van der Waals surface area contributed by atoms with Crippen molar-refractivity contribution in [2.24, 2.45) is 0 Å². The second-order valence-corrected chi connectivity index (χ2v) is 6.59. The second-order valence-electron chi connectivity index (χ2n) is 6.59. The molecular weight excluding hydrogens is 362 g/mol. The summed E-state index contributed by atoms with van der Waals surface area (Å²) in [5.41, 5.74) is 1.64. The van der Waals surface area contributed by atoms with Crippen molar-refractivity contribution in [2.45, 2.75) is 25.8 Å². The highest BCUT2D eigenvalue weighted by molar-refractivity contribution is 6.02. The van der Waals surface area contributed by atoms with E-state index in [9.17, 15) is 14.4 Å². The van der Waals surface area contributed by atoms with Gasteiger partial charge in [0, 0.05) is 12.7 Å². The Bertz CT molecular complexity index is 911. The van der Waals surface area contributed by atoms with E-state index in [0.29, 0.717) is 30.8 Å². The predicted molar refractivity (Wildman–Crippen MR) is 102 cm³/mol. The van der Waals surface area contributed by atoms with E-state index >= 15 is 0 Å². The molecule has 1 atom stereocenters. The van der Waals surface area contributed by atoms with E-state index in [1.165, 1.54) is 30.3 Å². The van der Waals surface area contributed by atoms with Gasteiger partial charge < -0.3 is 20.1 Å². The van der Waals surface area contributed by atoms with Crippen molar-refractivity contribution >= 4 is 23.5 Å². The number of rotatable bonds is 5. The van der Waals surface area contributed by atoms with E-state index in [1.807, 2.05) is 19.1 Å². The average Bonchev–Trinajstić information content (AvgIpc) is 3.17. The van der Waals surface area contributed by atoms with Crippen LogP contribution in [0.25, 0.3) is 0 Å². The maximum Gasteiger partial charge on any atom is 0.354 e. The van der Waals surface area contributed by atoms with Crippen LogP contribution >= 0.6 is 0 Å². The Kier molecular flexibility index (Phi) is 5.58. The number of aromatic carboxylic acids is 1. The molecule has 2 N–H and O–H groups in total. The largest absolute Gasteiger partial charge is 0.495 e. The highest BCUT2D eigenvalue weighted by Gasteiger charge is 2.35. The van der Waals surface area contributed by atoms with Crippen molar-refractivity contribution in [3.63, 3.8) is 0 Å². The molecule has 2 amide bonds. The standard InChI is InChI=1S/C20H21N3O5/c1-12-5-8-17(28-2)15(10-12)22-18(24)16-4-3-9-23(16)19(25)13-6-7-14(20(26)27)21-11-13/h5-8,10-11,16H,3-4,9H2,1-2H3,(H,22,24)(H,26,27). The van der Waals surface area contributed by atoms with Crippen LogP contribution in [0.3, 0.4) is 0 Å². The fraction of sp³-hybridized carbons (Fsp3) is 0.300. The molecule has 0 radical (unpaired) electrons. The van der Waals surface area contributed by atoms with Crippen LogP contribution in [0, 0.1) is 6.92 Å². The molecule has 1 aliphatic rings. The van der Waals surface area contributed by atoms with Crippen LogP contribution in [0.5, 0.6) is 5.75 Å². The minimum absolute atomic E-state index is 0.140. The summed E-state index contributed by atoms with van der Waals surface area (Å²) in [5.74, 6) is -1.25. The smallest absolute Gasteiger partial charge is 0.354 e. The van der Waals surface area contributed by atoms with Gasteiger partial charge in [-0.15, -0.1) is 0 Å². The van der Waals surface area contributed by atoms with E-state index in [1.54, 1.807) is 6.07 Å². The van der Waals surface area contributed by atoms with Gasteiger partial charge in [0.05, 0.1) is 18.4 Å². The Balaban J connectivity index is 1.76. The summed E-state index contributed by atoms with van der Waals surface area (Å²) in [4.78, 5) is 41.8. The van der Waals surface area contributed by atoms with Crippen molar-refractivity contribution in [1.82, 2.24) is 9.88 Å². The van der Waals surface area contributed by atoms with E-state index in [4.69, 9.17) is 9.84 Å². The van der Waals surface area contributed by atoms with Crippen molar-refractivity contribution in [1.29, 1.82) is 0 Å². The lowest BCUT2D eigenvalue weighted by Gasteiger charge is -2.24. The number of carbonyl (C=O) groups is 3. The van der Waals surface area contributed by atoms with Crippen LogP contribution in [0.2, 0.25) is 0 Å². The summed E-state index contributed by atoms with van der Waals surface area (Å²) in [6.45, 7) is 2.36. The zero-order chi connectivity index (χ0) is 20.3. The van der Waals surface area contributed by atoms with Crippen LogP contribution in [-0.2, 0) is 4.79 Å². The van der Waals surface area contributed by atoms with Gasteiger partial charge in [-0.1, -0.05) is 6.07 Å². The van der Waals surface area contributed by atoms with E-state index < -0.39 is 12.0 Å². The van der Waals surface area contributed by atoms with Gasteiger partial charge in [0.25, 0.3) is 5.91 Å². The molecule has 146 valence electrons. The number of carboxylic acids is 1. The molecule has 1 aromatic heterocycles. The highest BCUT2D eigenvalue weighted by Crippen LogP contribution is 2.27. The van der Waals surface area contributed by atoms with Gasteiger partial charge >= 0.3 is 5.97 Å². The molecule has 2 heterocycles. The van der Waals surface area contributed by atoms with Gasteiger partial charge in [0.15, 0.2) is 0 Å². The monoisotopic (exact) mass is 383 g/mol. The molecule has 28 heavy (non-hydrogen) atoms. The molecule has 1 saturated heterocycles. The summed E-state index contributed by atoms with van der Waals surface area (Å²) in [7, 11) is 1.53. The number of aromatic nitrogens is 1. The van der Waals surface area contributed by atoms with Gasteiger partial charge in [-0.3, -0.25) is 9.59 Å². The van der Waals surface area contributed by atoms with Crippen molar-refractivity contribution in [3.8, 4) is 5.75 Å². The number of pyridine rings is 1. The fourth-order valence-corrected chi connectivity index (χ4v) is 3.23. The summed E-state index contributed by atoms with van der Waals surface area (Å²) in [6, 6.07) is 7.54. The molecule has 1 unspecified atom stereocenters. The normalized spacial score (nSPS) is 15.9. The molecule has 2 aromatic rings. The van der Waals surface area contributed by atoms with Crippen LogP contribution in [0.1, 0.15) is 39.3 Å². The number of carbonyl (C=O) groups excluding carboxylic acids is 2. The van der Waals surface area contributed by atoms with Crippen molar-refractivity contribution in [2.75, 3.05) is 19.0 Å². The molecule has 0 saturated carbocycles. The maximum absolute atomic E-state index is 12.8. The molecule has 8 nitrogen and oxygen atoms in total. The van der Waals surface area contributed by atoms with Gasteiger partial charge in [-0.25, -0.2) is 9.78 Å². The molecule has 3 rings (SSSR count). The highest BCUT2D eigenvalue weighted by atomic mass is 16.5. The molecule has 0 spiro atoms. The van der Waals surface area contributed by atoms with Gasteiger partial charge in [0.1, 0.15) is 17.5 Å². The number of aryl methyl sites for hydroxylation is 1. The Morgan fingerprint density at radius 2 is 2.04 bits per heavy atom. The van der Waals surface area contributed by atoms with Crippen molar-refractivity contribution < 1.29 is 24.2 Å². The third kappa shape index (κ3) is 3.95. The number of likely N-dealkylation sites (tertiary alicyclic amines) is 1. The number of carboxylic acid groups (broad SMARTS) is 1. The third-order valence-corrected chi connectivity index (χ3v) is 4.66. The SMILES string of the molecule is COc1ccc(C)cc1NC(=O)C1CCCN1C(=O)c1ccc(C(=O)O)nc1. The van der Waals surface area contributed by atoms with Crippen LogP contribution < -0.4 is 10.1 Å². The Labute approximate surface area is 162 Å². The van der Waals surface area contributed by atoms with Crippen molar-refractivity contribution in [3.05, 3.63) is 53.3 Å². The molecule has 8 heteroatoms. The summed E-state index contributed by atoms with van der Waals surface area (Å²) in [6.07, 6.45) is 2.48. The maximum atomic E-state index is 12.8. The van der Waals surface area contributed by atoms with E-state index in [-0.39, 0.29) is 23.1 Å². The number of benzene rings is 1. The topological polar surface area (TPSA) is 109 Å². The zero-order valence-electron chi connectivity index (χ0n) is 15.6. The molecule has 1 fully saturated rings. The molecular formula is C20H21N3O5. The summed E-state index contributed by atoms with van der Waals surface area (Å²) < 4.78 is 5.29. The number of hydrogen-bond donors (Lipinski definition) is 2. The Morgan fingerprint density at radius 1 is 1.25 bits per heavy atom. The zero-order valence-corrected chi connectivity index (χ0v) is 15.6. The second kappa shape index (κ2) is 8.08. The summed E-state index contributed by atoms with van der Waals surface area (Å²) >= 11 is 0. The molecule has 1 aromatic carbocycles. The van der Waals surface area contributed by atoms with Gasteiger partial charge in [-0.05, 0) is 49.6 Å². The number of amides is 2.